The van der Waals surface area contributed by atoms with Crippen LogP contribution in [0.1, 0.15) is 40.0 Å². The minimum atomic E-state index is -4.67. The van der Waals surface area contributed by atoms with Crippen LogP contribution in [0, 0.1) is 6.92 Å². The minimum Gasteiger partial charge on any atom is -0.466 e. The fourth-order valence-corrected chi connectivity index (χ4v) is 6.89. The second-order valence-electron chi connectivity index (χ2n) is 9.64. The number of aryl methyl sites for hydroxylation is 1. The first-order valence-corrected chi connectivity index (χ1v) is 14.1. The van der Waals surface area contributed by atoms with Crippen molar-refractivity contribution < 1.29 is 40.7 Å². The fourth-order valence-electron chi connectivity index (χ4n) is 5.18. The van der Waals surface area contributed by atoms with Crippen molar-refractivity contribution in [1.29, 1.82) is 0 Å². The van der Waals surface area contributed by atoms with Gasteiger partial charge < -0.3 is 14.4 Å². The van der Waals surface area contributed by atoms with E-state index in [0.29, 0.717) is 11.1 Å². The normalized spacial score (nSPS) is 18.8. The maximum atomic E-state index is 14.6. The highest BCUT2D eigenvalue weighted by Gasteiger charge is 2.53. The van der Waals surface area contributed by atoms with Gasteiger partial charge in [-0.1, -0.05) is 54.1 Å². The van der Waals surface area contributed by atoms with Gasteiger partial charge in [0.15, 0.2) is 0 Å². The Morgan fingerprint density at radius 3 is 2.07 bits per heavy atom. The van der Waals surface area contributed by atoms with Gasteiger partial charge in [-0.3, -0.25) is 0 Å². The summed E-state index contributed by atoms with van der Waals surface area (Å²) in [5.41, 5.74) is 0.215. The van der Waals surface area contributed by atoms with E-state index in [1.54, 1.807) is 49.4 Å². The number of methoxy groups -OCH3 is 2. The summed E-state index contributed by atoms with van der Waals surface area (Å²) >= 11 is 0. The van der Waals surface area contributed by atoms with Crippen molar-refractivity contribution in [2.75, 3.05) is 14.2 Å². The van der Waals surface area contributed by atoms with Gasteiger partial charge in [0.1, 0.15) is 11.9 Å². The first-order valence-electron chi connectivity index (χ1n) is 12.6. The van der Waals surface area contributed by atoms with Crippen LogP contribution in [0.15, 0.2) is 95.2 Å². The standard InChI is InChI=1S/C30H25F3N2O6S/c1-18-8-14-22(15-9-18)42(38,39)35-25(20-10-12-21(13-11-20)30(31,32)33)24(28(36)40-2)26(29(37)41-3)34-17-16-19-6-4-5-7-23(19)27(34)35/h4-17,25,27H,1-3H3/t25-,27-/m0/s1. The Morgan fingerprint density at radius 2 is 1.48 bits per heavy atom. The SMILES string of the molecule is COC(=O)C1=C(C(=O)OC)N2C=Cc3ccccc3[C@@H]2N(S(=O)(=O)c2ccc(C)cc2)[C@H]1c1ccc(C(F)(F)F)cc1. The van der Waals surface area contributed by atoms with Gasteiger partial charge in [-0.2, -0.15) is 17.5 Å². The molecular formula is C30H25F3N2O6S. The molecule has 0 fully saturated rings. The second-order valence-corrected chi connectivity index (χ2v) is 11.5. The number of hydrogen-bond donors (Lipinski definition) is 0. The van der Waals surface area contributed by atoms with Gasteiger partial charge >= 0.3 is 18.1 Å². The van der Waals surface area contributed by atoms with Crippen LogP contribution in [0.4, 0.5) is 13.2 Å². The van der Waals surface area contributed by atoms with Crippen molar-refractivity contribution in [1.82, 2.24) is 9.21 Å². The van der Waals surface area contributed by atoms with Crippen LogP contribution in [0.25, 0.3) is 6.08 Å². The molecule has 0 radical (unpaired) electrons. The van der Waals surface area contributed by atoms with Crippen molar-refractivity contribution >= 4 is 28.0 Å². The highest BCUT2D eigenvalue weighted by Crippen LogP contribution is 2.51. The summed E-state index contributed by atoms with van der Waals surface area (Å²) in [6.45, 7) is 1.78. The molecule has 12 heteroatoms. The van der Waals surface area contributed by atoms with Crippen LogP contribution in [0.2, 0.25) is 0 Å². The number of fused-ring (bicyclic) bond motifs is 3. The average molecular weight is 599 g/mol. The largest absolute Gasteiger partial charge is 0.466 e. The van der Waals surface area contributed by atoms with Gasteiger partial charge in [0.05, 0.1) is 36.3 Å². The van der Waals surface area contributed by atoms with Gasteiger partial charge in [-0.05, 0) is 54.0 Å². The summed E-state index contributed by atoms with van der Waals surface area (Å²) in [6, 6.07) is 15.1. The summed E-state index contributed by atoms with van der Waals surface area (Å²) in [5.74, 6) is -2.02. The summed E-state index contributed by atoms with van der Waals surface area (Å²) in [7, 11) is -2.36. The number of benzene rings is 3. The van der Waals surface area contributed by atoms with Gasteiger partial charge in [0.2, 0.25) is 10.0 Å². The molecule has 0 amide bonds. The minimum absolute atomic E-state index is 0.00664. The number of alkyl halides is 3. The fraction of sp³-hybridized carbons (Fsp3) is 0.200. The van der Waals surface area contributed by atoms with Crippen molar-refractivity contribution in [3.05, 3.63) is 118 Å². The van der Waals surface area contributed by atoms with Gasteiger partial charge in [0, 0.05) is 6.20 Å². The predicted octanol–water partition coefficient (Wildman–Crippen LogP) is 5.34. The molecule has 0 spiro atoms. The van der Waals surface area contributed by atoms with E-state index in [0.717, 1.165) is 48.4 Å². The summed E-state index contributed by atoms with van der Waals surface area (Å²) in [4.78, 5) is 27.9. The number of hydrogen-bond acceptors (Lipinski definition) is 7. The highest BCUT2D eigenvalue weighted by molar-refractivity contribution is 7.89. The molecule has 218 valence electrons. The van der Waals surface area contributed by atoms with Crippen LogP contribution >= 0.6 is 0 Å². The van der Waals surface area contributed by atoms with Gasteiger partial charge in [0.25, 0.3) is 0 Å². The molecule has 3 aromatic carbocycles. The lowest BCUT2D eigenvalue weighted by Gasteiger charge is -2.49. The Kier molecular flexibility index (Phi) is 7.46. The van der Waals surface area contributed by atoms with Crippen molar-refractivity contribution in [3.8, 4) is 0 Å². The van der Waals surface area contributed by atoms with E-state index in [1.165, 1.54) is 23.2 Å². The molecule has 0 N–H and O–H groups in total. The monoisotopic (exact) mass is 598 g/mol. The number of ether oxygens (including phenoxy) is 2. The Bertz CT molecular complexity index is 1710. The van der Waals surface area contributed by atoms with E-state index >= 15 is 0 Å². The number of esters is 2. The molecule has 3 aromatic rings. The summed E-state index contributed by atoms with van der Waals surface area (Å²) in [6.07, 6.45) is -2.78. The molecule has 2 aliphatic rings. The average Bonchev–Trinajstić information content (AvgIpc) is 2.98. The molecule has 2 heterocycles. The van der Waals surface area contributed by atoms with Gasteiger partial charge in [-0.25, -0.2) is 18.0 Å². The van der Waals surface area contributed by atoms with Crippen LogP contribution in [0.3, 0.4) is 0 Å². The third kappa shape index (κ3) is 4.86. The molecule has 0 aromatic heterocycles. The molecule has 0 aliphatic carbocycles. The third-order valence-corrected chi connectivity index (χ3v) is 9.00. The quantitative estimate of drug-likeness (QED) is 0.366. The van der Waals surface area contributed by atoms with Crippen LogP contribution in [0.5, 0.6) is 0 Å². The lowest BCUT2D eigenvalue weighted by atomic mass is 9.89. The molecule has 42 heavy (non-hydrogen) atoms. The Hall–Kier alpha value is -4.42. The van der Waals surface area contributed by atoms with Crippen molar-refractivity contribution in [2.24, 2.45) is 0 Å². The molecule has 2 atom stereocenters. The zero-order chi connectivity index (χ0) is 30.4. The number of rotatable bonds is 5. The zero-order valence-electron chi connectivity index (χ0n) is 22.6. The highest BCUT2D eigenvalue weighted by atomic mass is 32.2. The van der Waals surface area contributed by atoms with Crippen LogP contribution in [-0.2, 0) is 35.3 Å². The van der Waals surface area contributed by atoms with E-state index in [9.17, 15) is 31.2 Å². The molecule has 8 nitrogen and oxygen atoms in total. The maximum absolute atomic E-state index is 14.6. The predicted molar refractivity (Wildman–Crippen MR) is 146 cm³/mol. The number of halogens is 3. The van der Waals surface area contributed by atoms with E-state index in [2.05, 4.69) is 0 Å². The lowest BCUT2D eigenvalue weighted by Crippen LogP contribution is -2.52. The van der Waals surface area contributed by atoms with Crippen LogP contribution in [-0.4, -0.2) is 43.8 Å². The zero-order valence-corrected chi connectivity index (χ0v) is 23.4. The first-order chi connectivity index (χ1) is 19.9. The number of carbonyl (C=O) groups is 2. The molecule has 5 rings (SSSR count). The molecule has 0 saturated carbocycles. The molecular weight excluding hydrogens is 573 g/mol. The Morgan fingerprint density at radius 1 is 0.857 bits per heavy atom. The van der Waals surface area contributed by atoms with E-state index in [-0.39, 0.29) is 16.2 Å². The Balaban J connectivity index is 1.89. The van der Waals surface area contributed by atoms with Crippen LogP contribution < -0.4 is 0 Å². The van der Waals surface area contributed by atoms with Gasteiger partial charge in [-0.15, -0.1) is 0 Å². The molecule has 0 saturated heterocycles. The molecule has 2 aliphatic heterocycles. The third-order valence-electron chi connectivity index (χ3n) is 7.17. The topological polar surface area (TPSA) is 93.2 Å². The van der Waals surface area contributed by atoms with E-state index in [1.807, 2.05) is 0 Å². The Labute approximate surface area is 240 Å². The number of carbonyl (C=O) groups excluding carboxylic acids is 2. The second kappa shape index (κ2) is 10.8. The van der Waals surface area contributed by atoms with Crippen molar-refractivity contribution in [2.45, 2.75) is 30.2 Å². The van der Waals surface area contributed by atoms with E-state index in [4.69, 9.17) is 9.47 Å². The van der Waals surface area contributed by atoms with Crippen molar-refractivity contribution in [3.63, 3.8) is 0 Å². The maximum Gasteiger partial charge on any atom is 0.416 e. The number of sulfonamides is 1. The molecule has 0 bridgehead atoms. The number of nitrogens with zero attached hydrogens (tertiary/aromatic N) is 2. The molecule has 0 unspecified atom stereocenters. The lowest BCUT2D eigenvalue weighted by molar-refractivity contribution is -0.143. The first kappa shape index (κ1) is 29.1. The van der Waals surface area contributed by atoms with E-state index < -0.39 is 51.5 Å². The smallest absolute Gasteiger partial charge is 0.416 e. The summed E-state index contributed by atoms with van der Waals surface area (Å²) in [5, 5.41) is 0. The summed E-state index contributed by atoms with van der Waals surface area (Å²) < 4.78 is 80.7.